The van der Waals surface area contributed by atoms with Gasteiger partial charge in [-0.3, -0.25) is 0 Å². The van der Waals surface area contributed by atoms with Gasteiger partial charge in [-0.2, -0.15) is 0 Å². The number of nitrogens with two attached hydrogens (primary N) is 1. The average molecular weight is 332 g/mol. The van der Waals surface area contributed by atoms with E-state index in [1.54, 1.807) is 23.6 Å². The molecule has 0 spiro atoms. The van der Waals surface area contributed by atoms with E-state index < -0.39 is 9.84 Å². The van der Waals surface area contributed by atoms with Gasteiger partial charge in [-0.1, -0.05) is 23.8 Å². The molecule has 0 radical (unpaired) electrons. The molecule has 0 aliphatic rings. The van der Waals surface area contributed by atoms with E-state index in [2.05, 4.69) is 0 Å². The summed E-state index contributed by atoms with van der Waals surface area (Å²) in [5, 5.41) is 2.28. The third kappa shape index (κ3) is 3.33. The molecule has 0 saturated heterocycles. The summed E-state index contributed by atoms with van der Waals surface area (Å²) in [5.74, 6) is -0.120. The monoisotopic (exact) mass is 331 g/mol. The molecule has 3 nitrogen and oxygen atoms in total. The number of sulfone groups is 1. The molecule has 0 atom stereocenters. The van der Waals surface area contributed by atoms with Crippen LogP contribution in [0.5, 0.6) is 0 Å². The Morgan fingerprint density at radius 2 is 1.89 bits per heavy atom. The number of hydrogen-bond acceptors (Lipinski definition) is 4. The summed E-state index contributed by atoms with van der Waals surface area (Å²) in [7, 11) is -3.42. The van der Waals surface area contributed by atoms with Crippen LogP contribution in [0.15, 0.2) is 40.6 Å². The fourth-order valence-electron chi connectivity index (χ4n) is 1.60. The zero-order valence-electron chi connectivity index (χ0n) is 9.67. The van der Waals surface area contributed by atoms with Crippen molar-refractivity contribution in [3.05, 3.63) is 51.2 Å². The minimum absolute atomic E-state index is 0.120. The Kier molecular flexibility index (Phi) is 4.25. The largest absolute Gasteiger partial charge is 0.389 e. The van der Waals surface area contributed by atoms with Crippen LogP contribution in [0.4, 0.5) is 0 Å². The molecule has 0 bridgehead atoms. The molecule has 7 heteroatoms. The van der Waals surface area contributed by atoms with Crippen molar-refractivity contribution >= 4 is 50.0 Å². The van der Waals surface area contributed by atoms with Crippen LogP contribution in [0.25, 0.3) is 0 Å². The summed E-state index contributed by atoms with van der Waals surface area (Å²) in [6.07, 6.45) is 0. The van der Waals surface area contributed by atoms with Gasteiger partial charge in [0.25, 0.3) is 0 Å². The van der Waals surface area contributed by atoms with Crippen molar-refractivity contribution in [2.45, 2.75) is 10.6 Å². The molecule has 0 amide bonds. The minimum atomic E-state index is -3.42. The van der Waals surface area contributed by atoms with Crippen molar-refractivity contribution in [2.24, 2.45) is 5.73 Å². The van der Waals surface area contributed by atoms with E-state index in [1.165, 1.54) is 23.5 Å². The lowest BCUT2D eigenvalue weighted by molar-refractivity contribution is 0.595. The standard InChI is InChI=1S/C12H10ClNO2S3/c13-9-1-3-10(4-2-9)19(15,16)7-8-5-6-18-11(8)12(14)17/h1-6H,7H2,(H2,14,17). The highest BCUT2D eigenvalue weighted by molar-refractivity contribution is 7.90. The molecule has 0 aliphatic heterocycles. The Bertz CT molecular complexity index is 705. The quantitative estimate of drug-likeness (QED) is 0.875. The van der Waals surface area contributed by atoms with Gasteiger partial charge in [-0.15, -0.1) is 11.3 Å². The summed E-state index contributed by atoms with van der Waals surface area (Å²) < 4.78 is 24.5. The Balaban J connectivity index is 2.34. The highest BCUT2D eigenvalue weighted by Crippen LogP contribution is 2.23. The molecule has 2 N–H and O–H groups in total. The molecule has 2 rings (SSSR count). The minimum Gasteiger partial charge on any atom is -0.389 e. The highest BCUT2D eigenvalue weighted by Gasteiger charge is 2.18. The fraction of sp³-hybridized carbons (Fsp3) is 0.0833. The van der Waals surface area contributed by atoms with E-state index in [0.717, 1.165) is 0 Å². The van der Waals surface area contributed by atoms with Gasteiger partial charge in [0.1, 0.15) is 4.99 Å². The van der Waals surface area contributed by atoms with Crippen molar-refractivity contribution in [3.8, 4) is 0 Å². The first kappa shape index (κ1) is 14.5. The lowest BCUT2D eigenvalue weighted by Gasteiger charge is -2.05. The van der Waals surface area contributed by atoms with Gasteiger partial charge < -0.3 is 5.73 Å². The van der Waals surface area contributed by atoms with Crippen LogP contribution in [-0.4, -0.2) is 13.4 Å². The lowest BCUT2D eigenvalue weighted by Crippen LogP contribution is -2.12. The van der Waals surface area contributed by atoms with Gasteiger partial charge in [0.2, 0.25) is 0 Å². The Morgan fingerprint density at radius 1 is 1.26 bits per heavy atom. The number of hydrogen-bond donors (Lipinski definition) is 1. The first-order chi connectivity index (χ1) is 8.90. The van der Waals surface area contributed by atoms with Gasteiger partial charge in [-0.05, 0) is 41.3 Å². The summed E-state index contributed by atoms with van der Waals surface area (Å²) in [5.41, 5.74) is 6.20. The Labute approximate surface area is 125 Å². The van der Waals surface area contributed by atoms with Crippen molar-refractivity contribution < 1.29 is 8.42 Å². The molecule has 0 fully saturated rings. The number of rotatable bonds is 4. The van der Waals surface area contributed by atoms with Gasteiger partial charge in [0.05, 0.1) is 15.5 Å². The molecule has 19 heavy (non-hydrogen) atoms. The van der Waals surface area contributed by atoms with Crippen LogP contribution in [0.2, 0.25) is 5.02 Å². The number of benzene rings is 1. The van der Waals surface area contributed by atoms with E-state index in [1.807, 2.05) is 0 Å². The van der Waals surface area contributed by atoms with Gasteiger partial charge >= 0.3 is 0 Å². The topological polar surface area (TPSA) is 60.2 Å². The SMILES string of the molecule is NC(=S)c1sccc1CS(=O)(=O)c1ccc(Cl)cc1. The van der Waals surface area contributed by atoms with E-state index in [0.29, 0.717) is 15.5 Å². The molecule has 2 aromatic rings. The third-order valence-electron chi connectivity index (χ3n) is 2.49. The first-order valence-corrected chi connectivity index (χ1v) is 8.56. The zero-order valence-corrected chi connectivity index (χ0v) is 12.9. The highest BCUT2D eigenvalue weighted by atomic mass is 35.5. The lowest BCUT2D eigenvalue weighted by atomic mass is 10.3. The Hall–Kier alpha value is -0.950. The predicted molar refractivity (Wildman–Crippen MR) is 82.5 cm³/mol. The third-order valence-corrected chi connectivity index (χ3v) is 5.75. The zero-order chi connectivity index (χ0) is 14.0. The van der Waals surface area contributed by atoms with Gasteiger partial charge in [0.15, 0.2) is 9.84 Å². The molecule has 1 aromatic carbocycles. The normalized spacial score (nSPS) is 11.4. The van der Waals surface area contributed by atoms with E-state index in [-0.39, 0.29) is 15.6 Å². The Morgan fingerprint density at radius 3 is 2.47 bits per heavy atom. The summed E-state index contributed by atoms with van der Waals surface area (Å²) in [4.78, 5) is 1.10. The van der Waals surface area contributed by atoms with Gasteiger partial charge in [0, 0.05) is 5.02 Å². The molecular weight excluding hydrogens is 322 g/mol. The second kappa shape index (κ2) is 5.58. The van der Waals surface area contributed by atoms with Crippen LogP contribution < -0.4 is 5.73 Å². The number of halogens is 1. The molecule has 0 aliphatic carbocycles. The van der Waals surface area contributed by atoms with Crippen LogP contribution in [0.1, 0.15) is 10.4 Å². The molecular formula is C12H10ClNO2S3. The van der Waals surface area contributed by atoms with Crippen LogP contribution in [0.3, 0.4) is 0 Å². The van der Waals surface area contributed by atoms with Crippen LogP contribution in [-0.2, 0) is 15.6 Å². The molecule has 100 valence electrons. The molecule has 0 unspecified atom stereocenters. The number of thiophene rings is 1. The van der Waals surface area contributed by atoms with Crippen molar-refractivity contribution in [1.29, 1.82) is 0 Å². The first-order valence-electron chi connectivity index (χ1n) is 5.24. The van der Waals surface area contributed by atoms with Crippen molar-refractivity contribution in [3.63, 3.8) is 0 Å². The predicted octanol–water partition coefficient (Wildman–Crippen LogP) is 3.01. The summed E-state index contributed by atoms with van der Waals surface area (Å²) in [6.45, 7) is 0. The molecule has 0 saturated carbocycles. The maximum Gasteiger partial charge on any atom is 0.182 e. The second-order valence-corrected chi connectivity index (χ2v) is 7.63. The fourth-order valence-corrected chi connectivity index (χ4v) is 4.23. The summed E-state index contributed by atoms with van der Waals surface area (Å²) in [6, 6.07) is 7.81. The van der Waals surface area contributed by atoms with E-state index >= 15 is 0 Å². The van der Waals surface area contributed by atoms with Gasteiger partial charge in [-0.25, -0.2) is 8.42 Å². The van der Waals surface area contributed by atoms with Crippen molar-refractivity contribution in [1.82, 2.24) is 0 Å². The maximum atomic E-state index is 12.3. The molecule has 1 heterocycles. The second-order valence-electron chi connectivity index (χ2n) is 3.85. The van der Waals surface area contributed by atoms with Crippen LogP contribution in [0, 0.1) is 0 Å². The number of thiocarbonyl (C=S) groups is 1. The smallest absolute Gasteiger partial charge is 0.182 e. The van der Waals surface area contributed by atoms with E-state index in [4.69, 9.17) is 29.6 Å². The summed E-state index contributed by atoms with van der Waals surface area (Å²) >= 11 is 12.0. The maximum absolute atomic E-state index is 12.3. The van der Waals surface area contributed by atoms with Crippen molar-refractivity contribution in [2.75, 3.05) is 0 Å². The average Bonchev–Trinajstić information content (AvgIpc) is 2.77. The van der Waals surface area contributed by atoms with E-state index in [9.17, 15) is 8.42 Å². The molecule has 1 aromatic heterocycles. The van der Waals surface area contributed by atoms with Crippen LogP contribution >= 0.6 is 35.2 Å².